The monoisotopic (exact) mass is 419 g/mol. The van der Waals surface area contributed by atoms with Gasteiger partial charge in [0.15, 0.2) is 5.82 Å². The third kappa shape index (κ3) is 5.69. The predicted molar refractivity (Wildman–Crippen MR) is 108 cm³/mol. The van der Waals surface area contributed by atoms with Crippen molar-refractivity contribution in [1.82, 2.24) is 14.7 Å². The zero-order valence-corrected chi connectivity index (χ0v) is 16.8. The number of carbonyl (C=O) groups excluding carboxylic acids is 2. The van der Waals surface area contributed by atoms with Crippen molar-refractivity contribution in [2.75, 3.05) is 38.7 Å². The summed E-state index contributed by atoms with van der Waals surface area (Å²) >= 11 is 0. The second kappa shape index (κ2) is 10.1. The first-order chi connectivity index (χ1) is 14.5. The van der Waals surface area contributed by atoms with E-state index in [0.29, 0.717) is 43.7 Å². The Bertz CT molecular complexity index is 863. The van der Waals surface area contributed by atoms with Crippen molar-refractivity contribution in [3.63, 3.8) is 0 Å². The number of halogens is 1. The van der Waals surface area contributed by atoms with Crippen LogP contribution in [0.2, 0.25) is 0 Å². The van der Waals surface area contributed by atoms with Crippen LogP contribution in [0, 0.1) is 11.7 Å². The smallest absolute Gasteiger partial charge is 0.409 e. The Morgan fingerprint density at radius 2 is 1.93 bits per heavy atom. The number of nitrogens with two attached hydrogens (primary N) is 1. The summed E-state index contributed by atoms with van der Waals surface area (Å²) in [7, 11) is 1.55. The average Bonchev–Trinajstić information content (AvgIpc) is 3.13. The lowest BCUT2D eigenvalue weighted by Gasteiger charge is -2.31. The number of methoxy groups -OCH3 is 1. The maximum Gasteiger partial charge on any atom is 0.409 e. The highest BCUT2D eigenvalue weighted by Gasteiger charge is 2.25. The minimum absolute atomic E-state index is 0.238. The van der Waals surface area contributed by atoms with Gasteiger partial charge < -0.3 is 25.4 Å². The van der Waals surface area contributed by atoms with Crippen molar-refractivity contribution in [2.24, 2.45) is 11.7 Å². The van der Waals surface area contributed by atoms with Gasteiger partial charge in [-0.05, 0) is 43.0 Å². The van der Waals surface area contributed by atoms with Gasteiger partial charge in [-0.15, -0.1) is 0 Å². The van der Waals surface area contributed by atoms with E-state index in [0.717, 1.165) is 12.8 Å². The van der Waals surface area contributed by atoms with Gasteiger partial charge in [-0.3, -0.25) is 9.48 Å². The number of anilines is 2. The number of primary amides is 1. The summed E-state index contributed by atoms with van der Waals surface area (Å²) in [5.41, 5.74) is 6.34. The molecule has 2 heterocycles. The molecular formula is C20H26FN5O4. The molecular weight excluding hydrogens is 393 g/mol. The number of carbonyl (C=O) groups is 2. The van der Waals surface area contributed by atoms with Crippen LogP contribution in [0.1, 0.15) is 23.2 Å². The summed E-state index contributed by atoms with van der Waals surface area (Å²) < 4.78 is 24.8. The molecule has 1 aromatic carbocycles. The zero-order chi connectivity index (χ0) is 21.5. The summed E-state index contributed by atoms with van der Waals surface area (Å²) in [5, 5.41) is 7.45. The average molecular weight is 419 g/mol. The van der Waals surface area contributed by atoms with E-state index in [9.17, 15) is 14.0 Å². The zero-order valence-electron chi connectivity index (χ0n) is 16.8. The summed E-state index contributed by atoms with van der Waals surface area (Å²) in [6.45, 7) is 2.40. The van der Waals surface area contributed by atoms with Crippen LogP contribution in [0.25, 0.3) is 0 Å². The molecule has 1 aromatic heterocycles. The van der Waals surface area contributed by atoms with Crippen LogP contribution >= 0.6 is 0 Å². The standard InChI is InChI=1S/C20H26FN5O4/c1-29-10-11-30-20(28)25-8-6-14(7-9-25)12-26-13-17(18(22)27)19(24-26)23-16-4-2-15(21)3-5-16/h2-5,13-14H,6-12H2,1H3,(H2,22,27)(H,23,24). The molecule has 0 radical (unpaired) electrons. The first kappa shape index (κ1) is 21.6. The van der Waals surface area contributed by atoms with E-state index in [-0.39, 0.29) is 24.1 Å². The van der Waals surface area contributed by atoms with Crippen molar-refractivity contribution in [3.8, 4) is 0 Å². The molecule has 1 aliphatic heterocycles. The highest BCUT2D eigenvalue weighted by molar-refractivity contribution is 5.98. The third-order valence-corrected chi connectivity index (χ3v) is 4.97. The maximum atomic E-state index is 13.1. The van der Waals surface area contributed by atoms with Crippen LogP contribution in [0.15, 0.2) is 30.5 Å². The molecule has 9 nitrogen and oxygen atoms in total. The number of likely N-dealkylation sites (tertiary alicyclic amines) is 1. The number of hydrogen-bond donors (Lipinski definition) is 2. The largest absolute Gasteiger partial charge is 0.447 e. The Hall–Kier alpha value is -3.14. The minimum Gasteiger partial charge on any atom is -0.447 e. The van der Waals surface area contributed by atoms with Gasteiger partial charge >= 0.3 is 6.09 Å². The van der Waals surface area contributed by atoms with Crippen LogP contribution in [0.3, 0.4) is 0 Å². The van der Waals surface area contributed by atoms with E-state index >= 15 is 0 Å². The van der Waals surface area contributed by atoms with Crippen LogP contribution in [-0.4, -0.2) is 60.1 Å². The maximum absolute atomic E-state index is 13.1. The summed E-state index contributed by atoms with van der Waals surface area (Å²) in [5.74, 6) is -0.324. The molecule has 3 rings (SSSR count). The number of hydrogen-bond acceptors (Lipinski definition) is 6. The molecule has 1 saturated heterocycles. The minimum atomic E-state index is -0.598. The Kier molecular flexibility index (Phi) is 7.23. The van der Waals surface area contributed by atoms with Crippen molar-refractivity contribution >= 4 is 23.5 Å². The fourth-order valence-electron chi connectivity index (χ4n) is 3.32. The SMILES string of the molecule is COCCOC(=O)N1CCC(Cn2cc(C(N)=O)c(Nc3ccc(F)cc3)n2)CC1. The van der Waals surface area contributed by atoms with E-state index in [1.54, 1.807) is 35.0 Å². The number of nitrogens with zero attached hydrogens (tertiary/aromatic N) is 3. The van der Waals surface area contributed by atoms with Crippen LogP contribution < -0.4 is 11.1 Å². The van der Waals surface area contributed by atoms with Gasteiger partial charge in [-0.1, -0.05) is 0 Å². The van der Waals surface area contributed by atoms with Crippen LogP contribution in [0.5, 0.6) is 0 Å². The molecule has 1 aliphatic rings. The van der Waals surface area contributed by atoms with Crippen molar-refractivity contribution in [2.45, 2.75) is 19.4 Å². The number of piperidine rings is 1. The normalized spacial score (nSPS) is 14.5. The van der Waals surface area contributed by atoms with Gasteiger partial charge in [0, 0.05) is 38.6 Å². The fraction of sp³-hybridized carbons (Fsp3) is 0.450. The van der Waals surface area contributed by atoms with Gasteiger partial charge in [0.2, 0.25) is 0 Å². The second-order valence-corrected chi connectivity index (χ2v) is 7.15. The molecule has 0 saturated carbocycles. The van der Waals surface area contributed by atoms with E-state index in [1.807, 2.05) is 0 Å². The third-order valence-electron chi connectivity index (χ3n) is 4.97. The molecule has 0 atom stereocenters. The quantitative estimate of drug-likeness (QED) is 0.636. The summed E-state index contributed by atoms with van der Waals surface area (Å²) in [6, 6.07) is 5.75. The van der Waals surface area contributed by atoms with Gasteiger partial charge in [0.1, 0.15) is 18.0 Å². The molecule has 162 valence electrons. The number of benzene rings is 1. The molecule has 0 unspecified atom stereocenters. The van der Waals surface area contributed by atoms with Crippen molar-refractivity contribution in [1.29, 1.82) is 0 Å². The molecule has 30 heavy (non-hydrogen) atoms. The number of nitrogens with one attached hydrogen (secondary N) is 1. The van der Waals surface area contributed by atoms with Gasteiger partial charge in [0.25, 0.3) is 5.91 Å². The Morgan fingerprint density at radius 1 is 1.23 bits per heavy atom. The van der Waals surface area contributed by atoms with E-state index in [2.05, 4.69) is 10.4 Å². The Morgan fingerprint density at radius 3 is 2.57 bits per heavy atom. The number of amides is 2. The lowest BCUT2D eigenvalue weighted by atomic mass is 9.97. The first-order valence-corrected chi connectivity index (χ1v) is 9.76. The molecule has 0 aliphatic carbocycles. The molecule has 10 heteroatoms. The topological polar surface area (TPSA) is 112 Å². The molecule has 2 amide bonds. The lowest BCUT2D eigenvalue weighted by molar-refractivity contribution is 0.0617. The van der Waals surface area contributed by atoms with Gasteiger partial charge in [-0.2, -0.15) is 5.10 Å². The van der Waals surface area contributed by atoms with Crippen molar-refractivity contribution < 1.29 is 23.5 Å². The molecule has 0 spiro atoms. The number of ether oxygens (including phenoxy) is 2. The molecule has 3 N–H and O–H groups in total. The number of aromatic nitrogens is 2. The van der Waals surface area contributed by atoms with Crippen LogP contribution in [0.4, 0.5) is 20.7 Å². The predicted octanol–water partition coefficient (Wildman–Crippen LogP) is 2.36. The summed E-state index contributed by atoms with van der Waals surface area (Å²) in [4.78, 5) is 25.5. The van der Waals surface area contributed by atoms with Gasteiger partial charge in [0.05, 0.1) is 6.61 Å². The Balaban J connectivity index is 1.57. The van der Waals surface area contributed by atoms with Crippen LogP contribution in [-0.2, 0) is 16.0 Å². The Labute approximate surface area is 173 Å². The second-order valence-electron chi connectivity index (χ2n) is 7.15. The molecule has 2 aromatic rings. The van der Waals surface area contributed by atoms with E-state index in [1.165, 1.54) is 12.1 Å². The molecule has 1 fully saturated rings. The number of rotatable bonds is 8. The van der Waals surface area contributed by atoms with E-state index < -0.39 is 5.91 Å². The fourth-order valence-corrected chi connectivity index (χ4v) is 3.32. The highest BCUT2D eigenvalue weighted by atomic mass is 19.1. The van der Waals surface area contributed by atoms with Gasteiger partial charge in [-0.25, -0.2) is 9.18 Å². The van der Waals surface area contributed by atoms with E-state index in [4.69, 9.17) is 15.2 Å². The summed E-state index contributed by atoms with van der Waals surface area (Å²) in [6.07, 6.45) is 2.88. The van der Waals surface area contributed by atoms with Crippen molar-refractivity contribution in [3.05, 3.63) is 41.8 Å². The molecule has 0 bridgehead atoms. The highest BCUT2D eigenvalue weighted by Crippen LogP contribution is 2.23. The lowest BCUT2D eigenvalue weighted by Crippen LogP contribution is -2.40. The first-order valence-electron chi connectivity index (χ1n) is 9.76.